The molecule has 0 aliphatic heterocycles. The zero-order valence-corrected chi connectivity index (χ0v) is 13.7. The first-order valence-electron chi connectivity index (χ1n) is 7.63. The normalized spacial score (nSPS) is 11.5. The van der Waals surface area contributed by atoms with Gasteiger partial charge in [-0.1, -0.05) is 47.7 Å². The molecule has 0 radical (unpaired) electrons. The highest BCUT2D eigenvalue weighted by molar-refractivity contribution is 7.19. The van der Waals surface area contributed by atoms with Gasteiger partial charge in [-0.3, -0.25) is 0 Å². The molecule has 1 heterocycles. The molecule has 0 atom stereocenters. The minimum Gasteiger partial charge on any atom is -0.388 e. The summed E-state index contributed by atoms with van der Waals surface area (Å²) in [6.07, 6.45) is 4.29. The molecule has 0 spiro atoms. The maximum Gasteiger partial charge on any atom is 0.261 e. The molecular weight excluding hydrogens is 300 g/mol. The van der Waals surface area contributed by atoms with E-state index in [0.29, 0.717) is 0 Å². The summed E-state index contributed by atoms with van der Waals surface area (Å²) < 4.78 is 1.29. The van der Waals surface area contributed by atoms with Crippen molar-refractivity contribution in [3.8, 4) is 0 Å². The van der Waals surface area contributed by atoms with Crippen molar-refractivity contribution in [3.63, 3.8) is 0 Å². The monoisotopic (exact) mass is 317 g/mol. The van der Waals surface area contributed by atoms with Gasteiger partial charge in [0.1, 0.15) is 4.70 Å². The van der Waals surface area contributed by atoms with Crippen molar-refractivity contribution in [2.24, 2.45) is 0 Å². The zero-order chi connectivity index (χ0) is 15.6. The third-order valence-corrected chi connectivity index (χ3v) is 5.00. The Bertz CT molecular complexity index is 997. The van der Waals surface area contributed by atoms with E-state index in [4.69, 9.17) is 0 Å². The summed E-state index contributed by atoms with van der Waals surface area (Å²) in [4.78, 5) is 3.55. The molecule has 2 N–H and O–H groups in total. The molecule has 0 amide bonds. The third-order valence-electron chi connectivity index (χ3n) is 3.99. The summed E-state index contributed by atoms with van der Waals surface area (Å²) in [5, 5.41) is 6.84. The molecule has 0 bridgehead atoms. The predicted molar refractivity (Wildman–Crippen MR) is 101 cm³/mol. The fraction of sp³-hybridized carbons (Fsp3) is 0.0500. The number of hydrogen-bond acceptors (Lipinski definition) is 2. The number of benzene rings is 3. The molecular formula is C20H17N2S+. The van der Waals surface area contributed by atoms with E-state index in [1.54, 1.807) is 11.3 Å². The van der Waals surface area contributed by atoms with Crippen molar-refractivity contribution in [3.05, 3.63) is 71.2 Å². The number of H-pyrrole nitrogens is 1. The van der Waals surface area contributed by atoms with Gasteiger partial charge in [0, 0.05) is 18.8 Å². The Morgan fingerprint density at radius 2 is 1.74 bits per heavy atom. The van der Waals surface area contributed by atoms with E-state index < -0.39 is 0 Å². The van der Waals surface area contributed by atoms with E-state index in [2.05, 4.69) is 83.1 Å². The highest BCUT2D eigenvalue weighted by atomic mass is 32.1. The van der Waals surface area contributed by atoms with Gasteiger partial charge in [0.15, 0.2) is 0 Å². The number of thiazole rings is 1. The summed E-state index contributed by atoms with van der Waals surface area (Å²) in [5.74, 6) is 0. The molecule has 0 aliphatic carbocycles. The Kier molecular flexibility index (Phi) is 3.56. The fourth-order valence-corrected chi connectivity index (χ4v) is 3.67. The van der Waals surface area contributed by atoms with Crippen LogP contribution in [0.4, 0.5) is 5.69 Å². The second-order valence-corrected chi connectivity index (χ2v) is 6.54. The molecule has 2 nitrogen and oxygen atoms in total. The molecule has 0 unspecified atom stereocenters. The van der Waals surface area contributed by atoms with Crippen molar-refractivity contribution in [2.45, 2.75) is 0 Å². The van der Waals surface area contributed by atoms with Crippen molar-refractivity contribution >= 4 is 50.2 Å². The molecule has 3 aromatic carbocycles. The molecule has 0 fully saturated rings. The average Bonchev–Trinajstić information content (AvgIpc) is 3.04. The van der Waals surface area contributed by atoms with Crippen molar-refractivity contribution in [1.82, 2.24) is 0 Å². The van der Waals surface area contributed by atoms with Crippen LogP contribution < -0.4 is 10.3 Å². The van der Waals surface area contributed by atoms with Crippen LogP contribution in [0.1, 0.15) is 10.6 Å². The van der Waals surface area contributed by atoms with Gasteiger partial charge in [-0.15, -0.1) is 0 Å². The fourth-order valence-electron chi connectivity index (χ4n) is 2.74. The molecule has 0 aliphatic rings. The summed E-state index contributed by atoms with van der Waals surface area (Å²) in [7, 11) is 1.93. The lowest BCUT2D eigenvalue weighted by Gasteiger charge is -1.98. The van der Waals surface area contributed by atoms with Crippen LogP contribution in [0.15, 0.2) is 60.7 Å². The number of fused-ring (bicyclic) bond motifs is 3. The lowest BCUT2D eigenvalue weighted by Crippen LogP contribution is -2.01. The number of aromatic nitrogens is 1. The van der Waals surface area contributed by atoms with E-state index in [9.17, 15) is 0 Å². The second kappa shape index (κ2) is 5.86. The van der Waals surface area contributed by atoms with E-state index in [0.717, 1.165) is 10.7 Å². The first-order chi connectivity index (χ1) is 11.3. The zero-order valence-electron chi connectivity index (χ0n) is 12.8. The van der Waals surface area contributed by atoms with Crippen LogP contribution in [-0.2, 0) is 0 Å². The lowest BCUT2D eigenvalue weighted by atomic mass is 10.1. The van der Waals surface area contributed by atoms with Crippen LogP contribution in [0.2, 0.25) is 0 Å². The molecule has 4 aromatic rings. The van der Waals surface area contributed by atoms with Gasteiger partial charge < -0.3 is 5.32 Å². The first-order valence-corrected chi connectivity index (χ1v) is 8.44. The smallest absolute Gasteiger partial charge is 0.261 e. The number of anilines is 1. The van der Waals surface area contributed by atoms with Gasteiger partial charge in [0.25, 0.3) is 5.01 Å². The summed E-state index contributed by atoms with van der Waals surface area (Å²) in [6.45, 7) is 0. The highest BCUT2D eigenvalue weighted by Gasteiger charge is 2.11. The van der Waals surface area contributed by atoms with Crippen molar-refractivity contribution < 1.29 is 4.98 Å². The quantitative estimate of drug-likeness (QED) is 0.560. The van der Waals surface area contributed by atoms with Crippen LogP contribution in [0.5, 0.6) is 0 Å². The van der Waals surface area contributed by atoms with Gasteiger partial charge in [-0.2, -0.15) is 4.98 Å². The third kappa shape index (κ3) is 2.71. The summed E-state index contributed by atoms with van der Waals surface area (Å²) in [6, 6.07) is 21.3. The SMILES string of the molecule is CNc1ccc(/C=C/c2[nH+]c3c(ccc4ccccc43)s2)cc1. The van der Waals surface area contributed by atoms with Crippen LogP contribution in [-0.4, -0.2) is 7.05 Å². The molecule has 3 heteroatoms. The Hall–Kier alpha value is -2.65. The largest absolute Gasteiger partial charge is 0.388 e. The first kappa shape index (κ1) is 14.0. The Morgan fingerprint density at radius 1 is 0.913 bits per heavy atom. The molecule has 23 heavy (non-hydrogen) atoms. The minimum atomic E-state index is 1.13. The lowest BCUT2D eigenvalue weighted by molar-refractivity contribution is -0.339. The van der Waals surface area contributed by atoms with E-state index in [1.807, 2.05) is 7.05 Å². The summed E-state index contributed by atoms with van der Waals surface area (Å²) in [5.41, 5.74) is 3.54. The molecule has 0 saturated carbocycles. The molecule has 4 rings (SSSR count). The molecule has 0 saturated heterocycles. The average molecular weight is 317 g/mol. The van der Waals surface area contributed by atoms with Gasteiger partial charge in [-0.25, -0.2) is 0 Å². The number of nitrogens with one attached hydrogen (secondary N) is 2. The molecule has 112 valence electrons. The maximum absolute atomic E-state index is 3.55. The maximum atomic E-state index is 3.55. The van der Waals surface area contributed by atoms with Gasteiger partial charge in [-0.05, 0) is 41.3 Å². The summed E-state index contributed by atoms with van der Waals surface area (Å²) >= 11 is 1.78. The second-order valence-electron chi connectivity index (χ2n) is 5.46. The van der Waals surface area contributed by atoms with Gasteiger partial charge in [0.2, 0.25) is 5.52 Å². The van der Waals surface area contributed by atoms with Crippen molar-refractivity contribution in [2.75, 3.05) is 12.4 Å². The van der Waals surface area contributed by atoms with Crippen LogP contribution >= 0.6 is 11.3 Å². The molecule has 1 aromatic heterocycles. The van der Waals surface area contributed by atoms with Gasteiger partial charge in [0.05, 0.1) is 5.39 Å². The van der Waals surface area contributed by atoms with Gasteiger partial charge >= 0.3 is 0 Å². The van der Waals surface area contributed by atoms with Crippen LogP contribution in [0.25, 0.3) is 33.1 Å². The topological polar surface area (TPSA) is 26.2 Å². The van der Waals surface area contributed by atoms with E-state index >= 15 is 0 Å². The van der Waals surface area contributed by atoms with E-state index in [-0.39, 0.29) is 0 Å². The Morgan fingerprint density at radius 3 is 2.57 bits per heavy atom. The highest BCUT2D eigenvalue weighted by Crippen LogP contribution is 2.27. The van der Waals surface area contributed by atoms with Crippen LogP contribution in [0, 0.1) is 0 Å². The van der Waals surface area contributed by atoms with Crippen LogP contribution in [0.3, 0.4) is 0 Å². The minimum absolute atomic E-state index is 1.13. The number of hydrogen-bond donors (Lipinski definition) is 1. The predicted octanol–water partition coefficient (Wildman–Crippen LogP) is 5.08. The number of rotatable bonds is 3. The Balaban J connectivity index is 1.71. The van der Waals surface area contributed by atoms with Crippen molar-refractivity contribution in [1.29, 1.82) is 0 Å². The number of aromatic amines is 1. The standard InChI is InChI=1S/C20H16N2S/c1-21-16-10-6-14(7-11-16)8-13-19-22-20-17-5-3-2-4-15(17)9-12-18(20)23-19/h2-13,21H,1H3/p+1/b13-8+. The Labute approximate surface area is 139 Å². The van der Waals surface area contributed by atoms with E-state index in [1.165, 1.54) is 26.6 Å².